The van der Waals surface area contributed by atoms with E-state index in [1.807, 2.05) is 13.8 Å². The minimum absolute atomic E-state index is 0.0576. The van der Waals surface area contributed by atoms with E-state index in [1.54, 1.807) is 34.1 Å². The van der Waals surface area contributed by atoms with Crippen LogP contribution in [0.4, 0.5) is 10.5 Å². The Balaban J connectivity index is 2.32. The summed E-state index contributed by atoms with van der Waals surface area (Å²) in [5.41, 5.74) is 1.92. The quantitative estimate of drug-likeness (QED) is 0.867. The zero-order valence-corrected chi connectivity index (χ0v) is 12.4. The Kier molecular flexibility index (Phi) is 4.31. The molecular formula is C16H20N2O3. The van der Waals surface area contributed by atoms with Crippen LogP contribution in [0.5, 0.6) is 0 Å². The van der Waals surface area contributed by atoms with Gasteiger partial charge in [0.15, 0.2) is 0 Å². The van der Waals surface area contributed by atoms with E-state index in [0.717, 1.165) is 12.0 Å². The van der Waals surface area contributed by atoms with Crippen molar-refractivity contribution < 1.29 is 14.7 Å². The average molecular weight is 288 g/mol. The first-order chi connectivity index (χ1) is 9.95. The lowest BCUT2D eigenvalue weighted by atomic mass is 10.1. The molecule has 0 radical (unpaired) electrons. The maximum Gasteiger partial charge on any atom is 0.335 e. The van der Waals surface area contributed by atoms with E-state index < -0.39 is 5.97 Å². The standard InChI is InChI=1S/C16H20N2O3/c1-4-8-17(11(2)3)16(21)18-9-7-12-5-6-13(15(19)20)10-14(12)18/h4-6,10-11H,1,7-9H2,2-3H3,(H,19,20). The Morgan fingerprint density at radius 3 is 2.76 bits per heavy atom. The lowest BCUT2D eigenvalue weighted by Crippen LogP contribution is -2.46. The van der Waals surface area contributed by atoms with Gasteiger partial charge in [-0.05, 0) is 38.0 Å². The first-order valence-corrected chi connectivity index (χ1v) is 7.01. The third kappa shape index (κ3) is 2.91. The van der Waals surface area contributed by atoms with Crippen LogP contribution in [0.15, 0.2) is 30.9 Å². The molecule has 0 spiro atoms. The van der Waals surface area contributed by atoms with Gasteiger partial charge in [-0.2, -0.15) is 0 Å². The molecule has 21 heavy (non-hydrogen) atoms. The number of hydrogen-bond acceptors (Lipinski definition) is 2. The predicted molar refractivity (Wildman–Crippen MR) is 81.9 cm³/mol. The van der Waals surface area contributed by atoms with E-state index in [1.165, 1.54) is 0 Å². The van der Waals surface area contributed by atoms with E-state index in [-0.39, 0.29) is 17.6 Å². The number of fused-ring (bicyclic) bond motifs is 1. The Labute approximate surface area is 124 Å². The second-order valence-electron chi connectivity index (χ2n) is 5.37. The number of carbonyl (C=O) groups excluding carboxylic acids is 1. The Bertz CT molecular complexity index is 581. The molecule has 0 saturated heterocycles. The molecule has 1 aromatic rings. The lowest BCUT2D eigenvalue weighted by molar-refractivity contribution is 0.0697. The number of urea groups is 1. The van der Waals surface area contributed by atoms with Crippen LogP contribution in [-0.4, -0.2) is 41.1 Å². The molecule has 1 aliphatic rings. The van der Waals surface area contributed by atoms with E-state index in [9.17, 15) is 9.59 Å². The van der Waals surface area contributed by atoms with Crippen LogP contribution in [0.25, 0.3) is 0 Å². The second-order valence-corrected chi connectivity index (χ2v) is 5.37. The van der Waals surface area contributed by atoms with Crippen LogP contribution in [0.3, 0.4) is 0 Å². The number of carboxylic acid groups (broad SMARTS) is 1. The molecule has 0 unspecified atom stereocenters. The highest BCUT2D eigenvalue weighted by Gasteiger charge is 2.29. The molecule has 0 atom stereocenters. The molecule has 5 heteroatoms. The third-order valence-corrected chi connectivity index (χ3v) is 3.65. The summed E-state index contributed by atoms with van der Waals surface area (Å²) in [5.74, 6) is -0.982. The summed E-state index contributed by atoms with van der Waals surface area (Å²) in [7, 11) is 0. The average Bonchev–Trinajstić information content (AvgIpc) is 2.86. The van der Waals surface area contributed by atoms with Gasteiger partial charge in [-0.3, -0.25) is 4.90 Å². The van der Waals surface area contributed by atoms with Crippen LogP contribution >= 0.6 is 0 Å². The van der Waals surface area contributed by atoms with Crippen molar-refractivity contribution in [2.24, 2.45) is 0 Å². The molecule has 2 amide bonds. The van der Waals surface area contributed by atoms with Crippen molar-refractivity contribution in [2.75, 3.05) is 18.0 Å². The summed E-state index contributed by atoms with van der Waals surface area (Å²) in [4.78, 5) is 27.1. The van der Waals surface area contributed by atoms with Crippen molar-refractivity contribution in [2.45, 2.75) is 26.3 Å². The topological polar surface area (TPSA) is 60.9 Å². The molecule has 0 aliphatic carbocycles. The fourth-order valence-corrected chi connectivity index (χ4v) is 2.51. The molecule has 0 saturated carbocycles. The van der Waals surface area contributed by atoms with Crippen LogP contribution in [0.2, 0.25) is 0 Å². The summed E-state index contributed by atoms with van der Waals surface area (Å²) in [6.45, 7) is 8.64. The lowest BCUT2D eigenvalue weighted by Gasteiger charge is -2.30. The molecule has 1 aliphatic heterocycles. The largest absolute Gasteiger partial charge is 0.478 e. The normalized spacial score (nSPS) is 13.2. The summed E-state index contributed by atoms with van der Waals surface area (Å²) >= 11 is 0. The van der Waals surface area contributed by atoms with Crippen molar-refractivity contribution >= 4 is 17.7 Å². The van der Waals surface area contributed by atoms with Gasteiger partial charge >= 0.3 is 12.0 Å². The molecule has 0 aromatic heterocycles. The molecule has 0 bridgehead atoms. The summed E-state index contributed by atoms with van der Waals surface area (Å²) < 4.78 is 0. The Morgan fingerprint density at radius 1 is 1.48 bits per heavy atom. The third-order valence-electron chi connectivity index (χ3n) is 3.65. The number of anilines is 1. The summed E-state index contributed by atoms with van der Waals surface area (Å²) in [5, 5.41) is 9.10. The zero-order chi connectivity index (χ0) is 15.6. The van der Waals surface area contributed by atoms with Gasteiger partial charge in [-0.15, -0.1) is 6.58 Å². The van der Waals surface area contributed by atoms with Crippen molar-refractivity contribution in [3.05, 3.63) is 42.0 Å². The Morgan fingerprint density at radius 2 is 2.19 bits per heavy atom. The van der Waals surface area contributed by atoms with Gasteiger partial charge in [0.2, 0.25) is 0 Å². The smallest absolute Gasteiger partial charge is 0.335 e. The van der Waals surface area contributed by atoms with E-state index in [0.29, 0.717) is 18.8 Å². The van der Waals surface area contributed by atoms with Gasteiger partial charge < -0.3 is 10.0 Å². The number of hydrogen-bond donors (Lipinski definition) is 1. The number of carboxylic acids is 1. The molecule has 0 fully saturated rings. The molecule has 112 valence electrons. The maximum absolute atomic E-state index is 12.7. The van der Waals surface area contributed by atoms with Gasteiger partial charge in [-0.1, -0.05) is 12.1 Å². The van der Waals surface area contributed by atoms with Crippen molar-refractivity contribution in [1.82, 2.24) is 4.90 Å². The maximum atomic E-state index is 12.7. The SMILES string of the molecule is C=CCN(C(=O)N1CCc2ccc(C(=O)O)cc21)C(C)C. The number of benzene rings is 1. The number of nitrogens with zero attached hydrogens (tertiary/aromatic N) is 2. The number of carbonyl (C=O) groups is 2. The van der Waals surface area contributed by atoms with Gasteiger partial charge in [-0.25, -0.2) is 9.59 Å². The number of rotatable bonds is 4. The van der Waals surface area contributed by atoms with Gasteiger partial charge in [0, 0.05) is 24.8 Å². The second kappa shape index (κ2) is 5.99. The Hall–Kier alpha value is -2.30. The van der Waals surface area contributed by atoms with E-state index >= 15 is 0 Å². The van der Waals surface area contributed by atoms with Crippen LogP contribution in [-0.2, 0) is 6.42 Å². The van der Waals surface area contributed by atoms with Crippen LogP contribution < -0.4 is 4.90 Å². The molecule has 1 N–H and O–H groups in total. The van der Waals surface area contributed by atoms with Gasteiger partial charge in [0.25, 0.3) is 0 Å². The molecule has 1 aromatic carbocycles. The molecule has 1 heterocycles. The molecular weight excluding hydrogens is 268 g/mol. The summed E-state index contributed by atoms with van der Waals surface area (Å²) in [6.07, 6.45) is 2.45. The van der Waals surface area contributed by atoms with Crippen LogP contribution in [0.1, 0.15) is 29.8 Å². The van der Waals surface area contributed by atoms with E-state index in [2.05, 4.69) is 6.58 Å². The minimum Gasteiger partial charge on any atom is -0.478 e. The summed E-state index contributed by atoms with van der Waals surface area (Å²) in [6, 6.07) is 4.90. The minimum atomic E-state index is -0.982. The van der Waals surface area contributed by atoms with Crippen molar-refractivity contribution in [3.8, 4) is 0 Å². The van der Waals surface area contributed by atoms with Crippen molar-refractivity contribution in [1.29, 1.82) is 0 Å². The fraction of sp³-hybridized carbons (Fsp3) is 0.375. The first-order valence-electron chi connectivity index (χ1n) is 7.01. The molecule has 5 nitrogen and oxygen atoms in total. The predicted octanol–water partition coefficient (Wildman–Crippen LogP) is 2.76. The highest BCUT2D eigenvalue weighted by molar-refractivity contribution is 5.97. The van der Waals surface area contributed by atoms with Crippen molar-refractivity contribution in [3.63, 3.8) is 0 Å². The molecule has 2 rings (SSSR count). The first kappa shape index (κ1) is 15.1. The van der Waals surface area contributed by atoms with Crippen LogP contribution in [0, 0.1) is 0 Å². The monoisotopic (exact) mass is 288 g/mol. The number of amides is 2. The van der Waals surface area contributed by atoms with Gasteiger partial charge in [0.1, 0.15) is 0 Å². The highest BCUT2D eigenvalue weighted by atomic mass is 16.4. The fourth-order valence-electron chi connectivity index (χ4n) is 2.51. The van der Waals surface area contributed by atoms with Gasteiger partial charge in [0.05, 0.1) is 5.56 Å². The number of aromatic carboxylic acids is 1. The highest BCUT2D eigenvalue weighted by Crippen LogP contribution is 2.30. The van der Waals surface area contributed by atoms with E-state index in [4.69, 9.17) is 5.11 Å². The zero-order valence-electron chi connectivity index (χ0n) is 12.4.